The van der Waals surface area contributed by atoms with Gasteiger partial charge in [-0.05, 0) is 13.0 Å². The van der Waals surface area contributed by atoms with E-state index >= 15 is 0 Å². The fraction of sp³-hybridized carbons (Fsp3) is 0.417. The van der Waals surface area contributed by atoms with E-state index in [9.17, 15) is 4.79 Å². The molecule has 0 amide bonds. The molecule has 1 rings (SSSR count). The van der Waals surface area contributed by atoms with Crippen LogP contribution in [-0.4, -0.2) is 31.8 Å². The van der Waals surface area contributed by atoms with Crippen molar-refractivity contribution in [1.82, 2.24) is 0 Å². The van der Waals surface area contributed by atoms with Gasteiger partial charge in [0.05, 0.1) is 25.2 Å². The fourth-order valence-corrected chi connectivity index (χ4v) is 2.24. The number of rotatable bonds is 5. The Balaban J connectivity index is 3.49. The number of nitrogens with two attached hydrogens (primary N) is 1. The summed E-state index contributed by atoms with van der Waals surface area (Å²) in [5, 5.41) is 9.48. The maximum Gasteiger partial charge on any atom is 0.312 e. The molecule has 100 valence electrons. The number of aliphatic carboxylic acids is 1. The highest BCUT2D eigenvalue weighted by atomic mass is 35.5. The van der Waals surface area contributed by atoms with E-state index < -0.39 is 11.9 Å². The van der Waals surface area contributed by atoms with E-state index in [4.69, 9.17) is 31.9 Å². The van der Waals surface area contributed by atoms with Gasteiger partial charge < -0.3 is 20.3 Å². The van der Waals surface area contributed by atoms with Gasteiger partial charge >= 0.3 is 5.97 Å². The number of hydrogen-bond donors (Lipinski definition) is 2. The lowest BCUT2D eigenvalue weighted by Gasteiger charge is -2.19. The van der Waals surface area contributed by atoms with E-state index in [2.05, 4.69) is 0 Å². The van der Waals surface area contributed by atoms with Crippen LogP contribution in [0.25, 0.3) is 0 Å². The van der Waals surface area contributed by atoms with Gasteiger partial charge in [-0.1, -0.05) is 11.6 Å². The lowest BCUT2D eigenvalue weighted by Crippen LogP contribution is -2.22. The van der Waals surface area contributed by atoms with E-state index in [0.29, 0.717) is 27.6 Å². The second-order valence-corrected chi connectivity index (χ2v) is 4.17. The van der Waals surface area contributed by atoms with Crippen molar-refractivity contribution in [3.8, 4) is 11.5 Å². The molecule has 0 radical (unpaired) electrons. The molecule has 0 aromatic heterocycles. The van der Waals surface area contributed by atoms with Crippen molar-refractivity contribution in [2.24, 2.45) is 5.73 Å². The highest BCUT2D eigenvalue weighted by Crippen LogP contribution is 2.40. The topological polar surface area (TPSA) is 81.8 Å². The molecule has 1 aromatic carbocycles. The molecule has 1 atom stereocenters. The first-order valence-electron chi connectivity index (χ1n) is 5.31. The molecule has 1 unspecified atom stereocenters. The van der Waals surface area contributed by atoms with Crippen molar-refractivity contribution in [2.75, 3.05) is 20.8 Å². The van der Waals surface area contributed by atoms with Crippen LogP contribution >= 0.6 is 11.6 Å². The quantitative estimate of drug-likeness (QED) is 0.855. The predicted molar refractivity (Wildman–Crippen MR) is 68.7 cm³/mol. The SMILES string of the molecule is COc1c(Cl)cc(C(CN)C(=O)O)c(OC)c1C. The van der Waals surface area contributed by atoms with Crippen LogP contribution < -0.4 is 15.2 Å². The van der Waals surface area contributed by atoms with Crippen molar-refractivity contribution in [1.29, 1.82) is 0 Å². The highest BCUT2D eigenvalue weighted by Gasteiger charge is 2.26. The van der Waals surface area contributed by atoms with E-state index in [1.807, 2.05) is 0 Å². The molecule has 0 saturated heterocycles. The molecular formula is C12H16ClNO4. The first kappa shape index (κ1) is 14.6. The van der Waals surface area contributed by atoms with Crippen molar-refractivity contribution in [3.63, 3.8) is 0 Å². The monoisotopic (exact) mass is 273 g/mol. The number of ether oxygens (including phenoxy) is 2. The summed E-state index contributed by atoms with van der Waals surface area (Å²) in [5.74, 6) is -0.967. The Morgan fingerprint density at radius 2 is 2.00 bits per heavy atom. The van der Waals surface area contributed by atoms with Gasteiger partial charge in [-0.3, -0.25) is 4.79 Å². The molecule has 0 spiro atoms. The molecule has 6 heteroatoms. The molecular weight excluding hydrogens is 258 g/mol. The van der Waals surface area contributed by atoms with Crippen LogP contribution in [0, 0.1) is 6.92 Å². The predicted octanol–water partition coefficient (Wildman–Crippen LogP) is 1.79. The molecule has 3 N–H and O–H groups in total. The largest absolute Gasteiger partial charge is 0.496 e. The third-order valence-electron chi connectivity index (χ3n) is 2.76. The summed E-state index contributed by atoms with van der Waals surface area (Å²) in [5.41, 5.74) is 6.60. The van der Waals surface area contributed by atoms with Gasteiger partial charge in [0, 0.05) is 17.7 Å². The Labute approximate surface area is 110 Å². The van der Waals surface area contributed by atoms with Crippen LogP contribution in [0.2, 0.25) is 5.02 Å². The number of halogens is 1. The van der Waals surface area contributed by atoms with Gasteiger partial charge in [-0.25, -0.2) is 0 Å². The van der Waals surface area contributed by atoms with Crippen LogP contribution in [0.3, 0.4) is 0 Å². The summed E-state index contributed by atoms with van der Waals surface area (Å²) >= 11 is 6.06. The van der Waals surface area contributed by atoms with Crippen molar-refractivity contribution >= 4 is 17.6 Å². The Kier molecular flexibility index (Phi) is 4.81. The first-order valence-corrected chi connectivity index (χ1v) is 5.69. The summed E-state index contributed by atoms with van der Waals surface area (Å²) in [6, 6.07) is 1.53. The number of carboxylic acid groups (broad SMARTS) is 1. The minimum Gasteiger partial charge on any atom is -0.496 e. The zero-order valence-corrected chi connectivity index (χ0v) is 11.2. The van der Waals surface area contributed by atoms with Crippen LogP contribution in [0.5, 0.6) is 11.5 Å². The maximum atomic E-state index is 11.2. The summed E-state index contributed by atoms with van der Waals surface area (Å²) in [6.45, 7) is 1.72. The third-order valence-corrected chi connectivity index (χ3v) is 3.04. The van der Waals surface area contributed by atoms with E-state index in [1.54, 1.807) is 6.92 Å². The number of hydrogen-bond acceptors (Lipinski definition) is 4. The number of carbonyl (C=O) groups is 1. The molecule has 0 bridgehead atoms. The lowest BCUT2D eigenvalue weighted by atomic mass is 9.95. The second-order valence-electron chi connectivity index (χ2n) is 3.77. The molecule has 0 aliphatic carbocycles. The fourth-order valence-electron chi connectivity index (χ4n) is 1.91. The standard InChI is InChI=1S/C12H16ClNO4/c1-6-10(17-2)7(8(5-14)12(15)16)4-9(13)11(6)18-3/h4,8H,5,14H2,1-3H3,(H,15,16). The van der Waals surface area contributed by atoms with E-state index in [0.717, 1.165) is 0 Å². The normalized spacial score (nSPS) is 12.1. The summed E-state index contributed by atoms with van der Waals surface area (Å²) in [4.78, 5) is 11.2. The average molecular weight is 274 g/mol. The van der Waals surface area contributed by atoms with Crippen LogP contribution in [-0.2, 0) is 4.79 Å². The molecule has 5 nitrogen and oxygen atoms in total. The lowest BCUT2D eigenvalue weighted by molar-refractivity contribution is -0.138. The van der Waals surface area contributed by atoms with Gasteiger partial charge in [0.15, 0.2) is 0 Å². The maximum absolute atomic E-state index is 11.2. The second kappa shape index (κ2) is 5.93. The van der Waals surface area contributed by atoms with Gasteiger partial charge in [0.25, 0.3) is 0 Å². The molecule has 0 heterocycles. The van der Waals surface area contributed by atoms with Crippen LogP contribution in [0.1, 0.15) is 17.0 Å². The first-order chi connectivity index (χ1) is 8.47. The van der Waals surface area contributed by atoms with E-state index in [-0.39, 0.29) is 6.54 Å². The van der Waals surface area contributed by atoms with Crippen LogP contribution in [0.15, 0.2) is 6.07 Å². The van der Waals surface area contributed by atoms with Gasteiger partial charge in [0.1, 0.15) is 11.5 Å². The Hall–Kier alpha value is -1.46. The molecule has 0 aliphatic heterocycles. The Morgan fingerprint density at radius 3 is 2.39 bits per heavy atom. The van der Waals surface area contributed by atoms with E-state index in [1.165, 1.54) is 20.3 Å². The van der Waals surface area contributed by atoms with Crippen molar-refractivity contribution < 1.29 is 19.4 Å². The Morgan fingerprint density at radius 1 is 1.44 bits per heavy atom. The average Bonchev–Trinajstić information content (AvgIpc) is 2.30. The van der Waals surface area contributed by atoms with Crippen molar-refractivity contribution in [3.05, 3.63) is 22.2 Å². The minimum atomic E-state index is -1.02. The smallest absolute Gasteiger partial charge is 0.312 e. The Bertz CT molecular complexity index is 462. The van der Waals surface area contributed by atoms with Gasteiger partial charge in [0.2, 0.25) is 0 Å². The number of methoxy groups -OCH3 is 2. The zero-order valence-electron chi connectivity index (χ0n) is 10.5. The molecule has 1 aromatic rings. The van der Waals surface area contributed by atoms with Gasteiger partial charge in [-0.2, -0.15) is 0 Å². The highest BCUT2D eigenvalue weighted by molar-refractivity contribution is 6.32. The van der Waals surface area contributed by atoms with Gasteiger partial charge in [-0.15, -0.1) is 0 Å². The minimum absolute atomic E-state index is 0.0339. The molecule has 0 saturated carbocycles. The summed E-state index contributed by atoms with van der Waals surface area (Å²) < 4.78 is 10.4. The molecule has 18 heavy (non-hydrogen) atoms. The number of carboxylic acids is 1. The summed E-state index contributed by atoms with van der Waals surface area (Å²) in [6.07, 6.45) is 0. The van der Waals surface area contributed by atoms with Crippen molar-refractivity contribution in [2.45, 2.75) is 12.8 Å². The summed E-state index contributed by atoms with van der Waals surface area (Å²) in [7, 11) is 2.96. The zero-order chi connectivity index (χ0) is 13.9. The molecule has 0 aliphatic rings. The molecule has 0 fully saturated rings. The third kappa shape index (κ3) is 2.52. The number of benzene rings is 1. The van der Waals surface area contributed by atoms with Crippen LogP contribution in [0.4, 0.5) is 0 Å².